The van der Waals surface area contributed by atoms with Gasteiger partial charge in [-0.3, -0.25) is 14.5 Å². The molecular weight excluding hydrogens is 400 g/mol. The molecule has 0 atom stereocenters. The van der Waals surface area contributed by atoms with Gasteiger partial charge < -0.3 is 10.3 Å². The lowest BCUT2D eigenvalue weighted by molar-refractivity contribution is -0.117. The summed E-state index contributed by atoms with van der Waals surface area (Å²) in [7, 11) is 0. The maximum atomic E-state index is 13.8. The maximum absolute atomic E-state index is 13.8. The quantitative estimate of drug-likeness (QED) is 0.682. The fraction of sp³-hybridized carbons (Fsp3) is 0.238. The number of H-pyrrole nitrogens is 1. The minimum atomic E-state index is -0.614. The number of nitrogens with zero attached hydrogens (tertiary/aromatic N) is 1. The Bertz CT molecular complexity index is 1190. The molecule has 150 valence electrons. The van der Waals surface area contributed by atoms with Gasteiger partial charge in [0.1, 0.15) is 11.6 Å². The highest BCUT2D eigenvalue weighted by Gasteiger charge is 2.23. The molecule has 0 saturated carbocycles. The van der Waals surface area contributed by atoms with Crippen LogP contribution in [0.1, 0.15) is 16.8 Å². The Morgan fingerprint density at radius 1 is 1.28 bits per heavy atom. The highest BCUT2D eigenvalue weighted by atomic mass is 35.5. The van der Waals surface area contributed by atoms with E-state index in [2.05, 4.69) is 10.3 Å². The number of pyridine rings is 1. The number of benzene rings is 2. The molecule has 1 aliphatic rings. The Morgan fingerprint density at radius 3 is 2.83 bits per heavy atom. The summed E-state index contributed by atoms with van der Waals surface area (Å²) in [5.74, 6) is -1.39. The molecule has 1 amide bonds. The zero-order chi connectivity index (χ0) is 20.7. The molecule has 2 aromatic carbocycles. The van der Waals surface area contributed by atoms with Gasteiger partial charge >= 0.3 is 0 Å². The minimum Gasteiger partial charge on any atom is -0.358 e. The SMILES string of the molecule is Cc1cc(F)cc2c(=O)c3c([nH]c12)CCN(CC(=O)Nc1ccc(Cl)c(F)c1)C3. The zero-order valence-electron chi connectivity index (χ0n) is 15.6. The number of aryl methyl sites for hydroxylation is 1. The average molecular weight is 418 g/mol. The van der Waals surface area contributed by atoms with Crippen molar-refractivity contribution in [3.05, 3.63) is 74.0 Å². The van der Waals surface area contributed by atoms with Gasteiger partial charge in [-0.2, -0.15) is 0 Å². The number of amides is 1. The first-order chi connectivity index (χ1) is 13.8. The van der Waals surface area contributed by atoms with Crippen molar-refractivity contribution in [2.45, 2.75) is 19.9 Å². The van der Waals surface area contributed by atoms with Crippen molar-refractivity contribution in [3.63, 3.8) is 0 Å². The van der Waals surface area contributed by atoms with Crippen molar-refractivity contribution in [2.75, 3.05) is 18.4 Å². The average Bonchev–Trinajstić information content (AvgIpc) is 2.66. The van der Waals surface area contributed by atoms with Crippen molar-refractivity contribution in [1.29, 1.82) is 0 Å². The summed E-state index contributed by atoms with van der Waals surface area (Å²) >= 11 is 5.64. The first-order valence-corrected chi connectivity index (χ1v) is 9.51. The molecule has 0 aliphatic carbocycles. The number of rotatable bonds is 3. The number of hydrogen-bond acceptors (Lipinski definition) is 3. The van der Waals surface area contributed by atoms with E-state index in [1.807, 2.05) is 4.90 Å². The Kier molecular flexibility index (Phi) is 5.10. The standard InChI is InChI=1S/C21H18ClF2N3O2/c1-11-6-12(23)7-14-20(11)26-18-4-5-27(9-15(18)21(14)29)10-19(28)25-13-2-3-16(22)17(24)8-13/h2-3,6-8H,4-5,9-10H2,1H3,(H,25,28)(H,26,29). The van der Waals surface area contributed by atoms with E-state index in [1.165, 1.54) is 24.3 Å². The van der Waals surface area contributed by atoms with E-state index in [4.69, 9.17) is 11.6 Å². The second-order valence-corrected chi connectivity index (χ2v) is 7.60. The number of nitrogens with one attached hydrogen (secondary N) is 2. The van der Waals surface area contributed by atoms with E-state index in [9.17, 15) is 18.4 Å². The predicted molar refractivity (Wildman–Crippen MR) is 108 cm³/mol. The summed E-state index contributed by atoms with van der Waals surface area (Å²) in [6, 6.07) is 6.67. The van der Waals surface area contributed by atoms with Gasteiger partial charge in [0, 0.05) is 41.8 Å². The highest BCUT2D eigenvalue weighted by molar-refractivity contribution is 6.30. The molecular formula is C21H18ClF2N3O2. The van der Waals surface area contributed by atoms with Crippen molar-refractivity contribution in [1.82, 2.24) is 9.88 Å². The van der Waals surface area contributed by atoms with E-state index < -0.39 is 11.6 Å². The number of fused-ring (bicyclic) bond motifs is 2. The second kappa shape index (κ2) is 7.57. The van der Waals surface area contributed by atoms with Crippen LogP contribution in [-0.4, -0.2) is 28.9 Å². The number of carbonyl (C=O) groups is 1. The van der Waals surface area contributed by atoms with Gasteiger partial charge in [-0.15, -0.1) is 0 Å². The van der Waals surface area contributed by atoms with Crippen LogP contribution in [0.2, 0.25) is 5.02 Å². The van der Waals surface area contributed by atoms with E-state index >= 15 is 0 Å². The van der Waals surface area contributed by atoms with Crippen molar-refractivity contribution >= 4 is 34.1 Å². The highest BCUT2D eigenvalue weighted by Crippen LogP contribution is 2.22. The Labute approximate surface area is 170 Å². The molecule has 0 radical (unpaired) electrons. The molecule has 29 heavy (non-hydrogen) atoms. The minimum absolute atomic E-state index is 0.0197. The van der Waals surface area contributed by atoms with Crippen molar-refractivity contribution in [2.24, 2.45) is 0 Å². The van der Waals surface area contributed by atoms with Crippen LogP contribution in [0.15, 0.2) is 35.1 Å². The first-order valence-electron chi connectivity index (χ1n) is 9.13. The normalized spacial score (nSPS) is 14.1. The van der Waals surface area contributed by atoms with Crippen LogP contribution in [0.25, 0.3) is 10.9 Å². The Morgan fingerprint density at radius 2 is 2.07 bits per heavy atom. The number of aromatic nitrogens is 1. The van der Waals surface area contributed by atoms with Crippen LogP contribution in [-0.2, 0) is 17.8 Å². The lowest BCUT2D eigenvalue weighted by atomic mass is 10.0. The fourth-order valence-electron chi connectivity index (χ4n) is 3.68. The molecule has 0 fully saturated rings. The van der Waals surface area contributed by atoms with Gasteiger partial charge in [-0.25, -0.2) is 8.78 Å². The van der Waals surface area contributed by atoms with E-state index in [0.29, 0.717) is 40.7 Å². The van der Waals surface area contributed by atoms with Crippen molar-refractivity contribution in [3.8, 4) is 0 Å². The van der Waals surface area contributed by atoms with Gasteiger partial charge in [0.05, 0.1) is 17.1 Å². The summed E-state index contributed by atoms with van der Waals surface area (Å²) in [6.45, 7) is 2.66. The fourth-order valence-corrected chi connectivity index (χ4v) is 3.80. The topological polar surface area (TPSA) is 65.2 Å². The number of halogens is 3. The molecule has 1 aromatic heterocycles. The van der Waals surface area contributed by atoms with Crippen LogP contribution < -0.4 is 10.7 Å². The predicted octanol–water partition coefficient (Wildman–Crippen LogP) is 3.76. The van der Waals surface area contributed by atoms with Gasteiger partial charge in [0.2, 0.25) is 5.91 Å². The Hall–Kier alpha value is -2.77. The molecule has 8 heteroatoms. The summed E-state index contributed by atoms with van der Waals surface area (Å²) in [5, 5.41) is 2.92. The maximum Gasteiger partial charge on any atom is 0.238 e. The lowest BCUT2D eigenvalue weighted by Gasteiger charge is -2.28. The molecule has 1 aliphatic heterocycles. The third kappa shape index (κ3) is 3.88. The van der Waals surface area contributed by atoms with Gasteiger partial charge in [0.25, 0.3) is 0 Å². The number of aromatic amines is 1. The van der Waals surface area contributed by atoms with E-state index in [0.717, 1.165) is 11.8 Å². The van der Waals surface area contributed by atoms with E-state index in [1.54, 1.807) is 6.92 Å². The van der Waals surface area contributed by atoms with Crippen LogP contribution >= 0.6 is 11.6 Å². The molecule has 3 aromatic rings. The third-order valence-electron chi connectivity index (χ3n) is 5.09. The summed E-state index contributed by atoms with van der Waals surface area (Å²) in [4.78, 5) is 30.3. The number of anilines is 1. The number of carbonyl (C=O) groups excluding carboxylic acids is 1. The molecule has 2 N–H and O–H groups in total. The zero-order valence-corrected chi connectivity index (χ0v) is 16.4. The summed E-state index contributed by atoms with van der Waals surface area (Å²) < 4.78 is 27.3. The second-order valence-electron chi connectivity index (χ2n) is 7.19. The van der Waals surface area contributed by atoms with Crippen LogP contribution in [0, 0.1) is 18.6 Å². The molecule has 4 rings (SSSR count). The lowest BCUT2D eigenvalue weighted by Crippen LogP contribution is -2.39. The Balaban J connectivity index is 1.53. The molecule has 0 bridgehead atoms. The monoisotopic (exact) mass is 417 g/mol. The molecule has 2 heterocycles. The molecule has 5 nitrogen and oxygen atoms in total. The van der Waals surface area contributed by atoms with Gasteiger partial charge in [0.15, 0.2) is 5.43 Å². The number of hydrogen-bond donors (Lipinski definition) is 2. The van der Waals surface area contributed by atoms with Gasteiger partial charge in [-0.1, -0.05) is 11.6 Å². The van der Waals surface area contributed by atoms with Crippen LogP contribution in [0.4, 0.5) is 14.5 Å². The molecule has 0 spiro atoms. The molecule has 0 unspecified atom stereocenters. The van der Waals surface area contributed by atoms with E-state index in [-0.39, 0.29) is 29.4 Å². The van der Waals surface area contributed by atoms with Crippen LogP contribution in [0.3, 0.4) is 0 Å². The third-order valence-corrected chi connectivity index (χ3v) is 5.40. The summed E-state index contributed by atoms with van der Waals surface area (Å²) in [5.41, 5.74) is 2.76. The largest absolute Gasteiger partial charge is 0.358 e. The van der Waals surface area contributed by atoms with Crippen molar-refractivity contribution < 1.29 is 13.6 Å². The summed E-state index contributed by atoms with van der Waals surface area (Å²) in [6.07, 6.45) is 0.570. The van der Waals surface area contributed by atoms with Crippen LogP contribution in [0.5, 0.6) is 0 Å². The molecule has 0 saturated heterocycles. The van der Waals surface area contributed by atoms with Gasteiger partial charge in [-0.05, 0) is 42.8 Å². The smallest absolute Gasteiger partial charge is 0.238 e. The first kappa shape index (κ1) is 19.5.